The highest BCUT2D eigenvalue weighted by Gasteiger charge is 2.22. The van der Waals surface area contributed by atoms with Crippen molar-refractivity contribution < 1.29 is 9.53 Å². The molecule has 1 aromatic heterocycles. The number of rotatable bonds is 6. The van der Waals surface area contributed by atoms with E-state index >= 15 is 0 Å². The van der Waals surface area contributed by atoms with E-state index < -0.39 is 0 Å². The first-order valence-corrected chi connectivity index (χ1v) is 9.94. The number of piperidine rings is 1. The van der Waals surface area contributed by atoms with E-state index in [1.807, 2.05) is 31.3 Å². The van der Waals surface area contributed by atoms with Gasteiger partial charge in [0.1, 0.15) is 5.69 Å². The van der Waals surface area contributed by atoms with Crippen molar-refractivity contribution in [2.45, 2.75) is 32.7 Å². The summed E-state index contributed by atoms with van der Waals surface area (Å²) in [6.07, 6.45) is 3.89. The Morgan fingerprint density at radius 2 is 1.92 bits per heavy atom. The van der Waals surface area contributed by atoms with E-state index in [2.05, 4.69) is 39.7 Å². The van der Waals surface area contributed by atoms with Gasteiger partial charge in [0, 0.05) is 23.1 Å². The summed E-state index contributed by atoms with van der Waals surface area (Å²) in [5, 5.41) is 0. The van der Waals surface area contributed by atoms with Gasteiger partial charge in [-0.25, -0.2) is 4.98 Å². The average molecular weight is 420 g/mol. The molecule has 0 radical (unpaired) electrons. The lowest BCUT2D eigenvalue weighted by atomic mass is 9.97. The van der Waals surface area contributed by atoms with Gasteiger partial charge < -0.3 is 9.64 Å². The predicted octanol–water partition coefficient (Wildman–Crippen LogP) is 3.91. The monoisotopic (exact) mass is 419 g/mol. The summed E-state index contributed by atoms with van der Waals surface area (Å²) in [5.74, 6) is 0.500. The molecule has 2 aromatic rings. The number of benzene rings is 1. The number of carbonyl (C=O) groups excluding carboxylic acids is 1. The van der Waals surface area contributed by atoms with Gasteiger partial charge in [0.25, 0.3) is 6.01 Å². The summed E-state index contributed by atoms with van der Waals surface area (Å²) in [5.41, 5.74) is 1.18. The molecule has 2 heterocycles. The highest BCUT2D eigenvalue weighted by molar-refractivity contribution is 9.10. The van der Waals surface area contributed by atoms with E-state index in [1.165, 1.54) is 0 Å². The van der Waals surface area contributed by atoms with Crippen LogP contribution in [0.5, 0.6) is 6.01 Å². The molecule has 0 aliphatic carbocycles. The fraction of sp³-hybridized carbons (Fsp3) is 0.500. The minimum atomic E-state index is -0.0485. The number of halogens is 1. The molecule has 0 amide bonds. The summed E-state index contributed by atoms with van der Waals surface area (Å²) >= 11 is 3.39. The van der Waals surface area contributed by atoms with Crippen LogP contribution in [0.3, 0.4) is 0 Å². The number of ether oxygens (including phenoxy) is 1. The Labute approximate surface area is 163 Å². The van der Waals surface area contributed by atoms with Crippen LogP contribution in [0.15, 0.2) is 34.9 Å². The average Bonchev–Trinajstić information content (AvgIpc) is 3.01. The van der Waals surface area contributed by atoms with Crippen LogP contribution in [0.4, 0.5) is 0 Å². The minimum Gasteiger partial charge on any atom is -0.464 e. The SMILES string of the molecule is CC(C)N1CCC(COc2ncc(C(=O)c3ccc(Br)cc3)n2C)CC1. The van der Waals surface area contributed by atoms with E-state index in [9.17, 15) is 4.79 Å². The first-order chi connectivity index (χ1) is 12.5. The van der Waals surface area contributed by atoms with Crippen LogP contribution >= 0.6 is 15.9 Å². The van der Waals surface area contributed by atoms with Crippen LogP contribution in [0, 0.1) is 5.92 Å². The van der Waals surface area contributed by atoms with Gasteiger partial charge in [-0.15, -0.1) is 0 Å². The van der Waals surface area contributed by atoms with Gasteiger partial charge in [-0.05, 0) is 70.0 Å². The van der Waals surface area contributed by atoms with Crippen molar-refractivity contribution in [3.05, 3.63) is 46.2 Å². The molecule has 26 heavy (non-hydrogen) atoms. The van der Waals surface area contributed by atoms with Gasteiger partial charge in [-0.1, -0.05) is 15.9 Å². The predicted molar refractivity (Wildman–Crippen MR) is 106 cm³/mol. The van der Waals surface area contributed by atoms with E-state index in [1.54, 1.807) is 10.8 Å². The van der Waals surface area contributed by atoms with E-state index in [-0.39, 0.29) is 5.78 Å². The highest BCUT2D eigenvalue weighted by atomic mass is 79.9. The fourth-order valence-corrected chi connectivity index (χ4v) is 3.58. The number of imidazole rings is 1. The van der Waals surface area contributed by atoms with Crippen LogP contribution in [0.1, 0.15) is 42.7 Å². The van der Waals surface area contributed by atoms with Crippen LogP contribution in [-0.2, 0) is 7.05 Å². The molecule has 5 nitrogen and oxygen atoms in total. The number of aromatic nitrogens is 2. The van der Waals surface area contributed by atoms with Gasteiger partial charge in [-0.3, -0.25) is 9.36 Å². The molecule has 0 saturated carbocycles. The van der Waals surface area contributed by atoms with E-state index in [0.29, 0.717) is 35.8 Å². The summed E-state index contributed by atoms with van der Waals surface area (Å²) < 4.78 is 8.63. The second-order valence-electron chi connectivity index (χ2n) is 7.21. The molecular weight excluding hydrogens is 394 g/mol. The van der Waals surface area contributed by atoms with Crippen LogP contribution < -0.4 is 4.74 Å². The smallest absolute Gasteiger partial charge is 0.296 e. The molecule has 0 atom stereocenters. The van der Waals surface area contributed by atoms with E-state index in [4.69, 9.17) is 4.74 Å². The summed E-state index contributed by atoms with van der Waals surface area (Å²) in [6.45, 7) is 7.39. The maximum atomic E-state index is 12.7. The molecule has 3 rings (SSSR count). The highest BCUT2D eigenvalue weighted by Crippen LogP contribution is 2.21. The fourth-order valence-electron chi connectivity index (χ4n) is 3.32. The molecule has 0 unspecified atom stereocenters. The first kappa shape index (κ1) is 19.1. The van der Waals surface area contributed by atoms with Gasteiger partial charge in [0.2, 0.25) is 5.78 Å². The van der Waals surface area contributed by atoms with Gasteiger partial charge in [0.05, 0.1) is 12.8 Å². The van der Waals surface area contributed by atoms with Crippen LogP contribution in [0.25, 0.3) is 0 Å². The largest absolute Gasteiger partial charge is 0.464 e. The molecule has 1 aliphatic heterocycles. The van der Waals surface area contributed by atoms with Crippen molar-refractivity contribution >= 4 is 21.7 Å². The molecule has 6 heteroatoms. The molecule has 1 saturated heterocycles. The third kappa shape index (κ3) is 4.35. The Balaban J connectivity index is 1.59. The Morgan fingerprint density at radius 3 is 2.54 bits per heavy atom. The summed E-state index contributed by atoms with van der Waals surface area (Å²) in [6, 6.07) is 8.47. The minimum absolute atomic E-state index is 0.0485. The quantitative estimate of drug-likeness (QED) is 0.665. The number of likely N-dealkylation sites (tertiary alicyclic amines) is 1. The van der Waals surface area contributed by atoms with Crippen molar-refractivity contribution in [3.8, 4) is 6.01 Å². The van der Waals surface area contributed by atoms with Gasteiger partial charge >= 0.3 is 0 Å². The Bertz CT molecular complexity index is 747. The first-order valence-electron chi connectivity index (χ1n) is 9.14. The Morgan fingerprint density at radius 1 is 1.27 bits per heavy atom. The number of hydrogen-bond donors (Lipinski definition) is 0. The third-order valence-electron chi connectivity index (χ3n) is 5.11. The summed E-state index contributed by atoms with van der Waals surface area (Å²) in [7, 11) is 1.83. The molecule has 0 N–H and O–H groups in total. The number of nitrogens with zero attached hydrogens (tertiary/aromatic N) is 3. The van der Waals surface area contributed by atoms with Crippen molar-refractivity contribution in [2.75, 3.05) is 19.7 Å². The van der Waals surface area contributed by atoms with Crippen molar-refractivity contribution in [1.82, 2.24) is 14.5 Å². The van der Waals surface area contributed by atoms with E-state index in [0.717, 1.165) is 30.4 Å². The molecule has 1 aliphatic rings. The zero-order valence-corrected chi connectivity index (χ0v) is 17.2. The summed E-state index contributed by atoms with van der Waals surface area (Å²) in [4.78, 5) is 19.5. The lowest BCUT2D eigenvalue weighted by molar-refractivity contribution is 0.102. The standard InChI is InChI=1S/C20H26BrN3O2/c1-14(2)24-10-8-15(9-11-24)13-26-20-22-12-18(23(20)3)19(25)16-4-6-17(21)7-5-16/h4-7,12,14-15H,8-11,13H2,1-3H3. The lowest BCUT2D eigenvalue weighted by Gasteiger charge is -2.34. The number of hydrogen-bond acceptors (Lipinski definition) is 4. The normalized spacial score (nSPS) is 16.2. The third-order valence-corrected chi connectivity index (χ3v) is 5.64. The van der Waals surface area contributed by atoms with Crippen LogP contribution in [0.2, 0.25) is 0 Å². The second kappa shape index (κ2) is 8.35. The Hall–Kier alpha value is -1.66. The maximum Gasteiger partial charge on any atom is 0.296 e. The number of ketones is 1. The van der Waals surface area contributed by atoms with Crippen LogP contribution in [-0.4, -0.2) is 46.0 Å². The molecule has 0 bridgehead atoms. The zero-order valence-electron chi connectivity index (χ0n) is 15.6. The molecule has 140 valence electrons. The van der Waals surface area contributed by atoms with Crippen molar-refractivity contribution in [3.63, 3.8) is 0 Å². The topological polar surface area (TPSA) is 47.4 Å². The maximum absolute atomic E-state index is 12.7. The lowest BCUT2D eigenvalue weighted by Crippen LogP contribution is -2.39. The molecular formula is C20H26BrN3O2. The van der Waals surface area contributed by atoms with Gasteiger partial charge in [0.15, 0.2) is 0 Å². The van der Waals surface area contributed by atoms with Crippen molar-refractivity contribution in [2.24, 2.45) is 13.0 Å². The second-order valence-corrected chi connectivity index (χ2v) is 8.12. The van der Waals surface area contributed by atoms with Crippen molar-refractivity contribution in [1.29, 1.82) is 0 Å². The number of carbonyl (C=O) groups is 1. The van der Waals surface area contributed by atoms with Gasteiger partial charge in [-0.2, -0.15) is 0 Å². The zero-order chi connectivity index (χ0) is 18.7. The molecule has 1 fully saturated rings. The Kier molecular flexibility index (Phi) is 6.14. The molecule has 0 spiro atoms. The molecule has 1 aromatic carbocycles.